The van der Waals surface area contributed by atoms with E-state index in [2.05, 4.69) is 10.6 Å². The number of nitrogens with one attached hydrogen (secondary N) is 2. The van der Waals surface area contributed by atoms with E-state index in [-0.39, 0.29) is 11.3 Å². The molecule has 0 saturated heterocycles. The average molecular weight is 499 g/mol. The van der Waals surface area contributed by atoms with E-state index in [0.717, 1.165) is 0 Å². The number of alkyl halides is 3. The predicted octanol–water partition coefficient (Wildman–Crippen LogP) is 3.93. The van der Waals surface area contributed by atoms with Crippen molar-refractivity contribution in [2.24, 2.45) is 7.05 Å². The second-order valence-corrected chi connectivity index (χ2v) is 9.17. The van der Waals surface area contributed by atoms with Gasteiger partial charge in [0.2, 0.25) is 3.79 Å². The van der Waals surface area contributed by atoms with Crippen molar-refractivity contribution in [2.45, 2.75) is 16.9 Å². The molecule has 9 nitrogen and oxygen atoms in total. The molecule has 1 aromatic heterocycles. The van der Waals surface area contributed by atoms with Crippen molar-refractivity contribution in [3.8, 4) is 5.69 Å². The molecule has 2 N–H and O–H groups in total. The number of anilines is 1. The molecule has 1 amide bonds. The Morgan fingerprint density at radius 1 is 1.09 bits per heavy atom. The van der Waals surface area contributed by atoms with Crippen LogP contribution in [-0.2, 0) is 7.05 Å². The van der Waals surface area contributed by atoms with Crippen molar-refractivity contribution in [2.75, 3.05) is 5.32 Å². The van der Waals surface area contributed by atoms with Gasteiger partial charge in [-0.1, -0.05) is 65.1 Å². The third-order valence-corrected chi connectivity index (χ3v) is 5.45. The van der Waals surface area contributed by atoms with Gasteiger partial charge in [-0.2, -0.15) is 0 Å². The molecule has 2 aromatic carbocycles. The molecule has 0 radical (unpaired) electrons. The molecule has 0 aliphatic heterocycles. The van der Waals surface area contributed by atoms with Crippen molar-refractivity contribution in [3.05, 3.63) is 86.3 Å². The minimum atomic E-state index is -2.09. The van der Waals surface area contributed by atoms with Crippen LogP contribution in [0.25, 0.3) is 5.69 Å². The van der Waals surface area contributed by atoms with Gasteiger partial charge in [0.05, 0.1) is 16.3 Å². The van der Waals surface area contributed by atoms with Gasteiger partial charge >= 0.3 is 0 Å². The summed E-state index contributed by atoms with van der Waals surface area (Å²) in [4.78, 5) is 36.4. The summed E-state index contributed by atoms with van der Waals surface area (Å²) in [5.74, 6) is -0.849. The number of rotatable bonds is 6. The van der Waals surface area contributed by atoms with Crippen molar-refractivity contribution in [1.29, 1.82) is 0 Å². The first-order chi connectivity index (χ1) is 15.0. The first kappa shape index (κ1) is 23.6. The lowest BCUT2D eigenvalue weighted by molar-refractivity contribution is -0.385. The van der Waals surface area contributed by atoms with Crippen LogP contribution in [0.1, 0.15) is 16.1 Å². The molecule has 0 aliphatic rings. The van der Waals surface area contributed by atoms with Crippen LogP contribution in [-0.4, -0.2) is 30.2 Å². The van der Waals surface area contributed by atoms with Crippen molar-refractivity contribution in [3.63, 3.8) is 0 Å². The lowest BCUT2D eigenvalue weighted by atomic mass is 10.1. The number of aromatic nitrogens is 2. The summed E-state index contributed by atoms with van der Waals surface area (Å²) in [6, 6.07) is 14.3. The van der Waals surface area contributed by atoms with Gasteiger partial charge in [-0.05, 0) is 25.1 Å². The molecular weight excluding hydrogens is 481 g/mol. The van der Waals surface area contributed by atoms with Crippen molar-refractivity contribution >= 4 is 52.1 Å². The predicted molar refractivity (Wildman–Crippen MR) is 124 cm³/mol. The molecule has 0 aliphatic carbocycles. The molecule has 12 heteroatoms. The number of nitro benzene ring substituents is 1. The smallest absolute Gasteiger partial charge is 0.295 e. The third-order valence-electron chi connectivity index (χ3n) is 4.79. The largest absolute Gasteiger partial charge is 0.356 e. The van der Waals surface area contributed by atoms with Crippen LogP contribution in [0.2, 0.25) is 0 Å². The lowest BCUT2D eigenvalue weighted by Crippen LogP contribution is -2.50. The van der Waals surface area contributed by atoms with Crippen LogP contribution < -0.4 is 16.2 Å². The standard InChI is InChI=1S/C20H18Cl3N5O4/c1-12-16(18(30)27(26(12)2)13-8-4-3-5-9-13)24-19(20(21,22)23)25-17(29)14-10-6-7-11-15(14)28(31)32/h3-11,19,24H,1-2H3,(H,25,29). The zero-order chi connectivity index (χ0) is 23.6. The van der Waals surface area contributed by atoms with E-state index in [0.29, 0.717) is 11.4 Å². The Morgan fingerprint density at radius 2 is 1.69 bits per heavy atom. The molecule has 168 valence electrons. The van der Waals surface area contributed by atoms with Crippen LogP contribution in [0, 0.1) is 17.0 Å². The average Bonchev–Trinajstić information content (AvgIpc) is 2.96. The maximum absolute atomic E-state index is 13.1. The van der Waals surface area contributed by atoms with E-state index in [9.17, 15) is 19.7 Å². The lowest BCUT2D eigenvalue weighted by Gasteiger charge is -2.26. The van der Waals surface area contributed by atoms with Gasteiger partial charge in [0.1, 0.15) is 17.4 Å². The Kier molecular flexibility index (Phi) is 6.82. The van der Waals surface area contributed by atoms with Crippen molar-refractivity contribution < 1.29 is 9.72 Å². The Labute approximate surface area is 197 Å². The monoisotopic (exact) mass is 497 g/mol. The first-order valence-corrected chi connectivity index (χ1v) is 10.4. The highest BCUT2D eigenvalue weighted by Gasteiger charge is 2.37. The topological polar surface area (TPSA) is 111 Å². The van der Waals surface area contributed by atoms with Crippen LogP contribution >= 0.6 is 34.8 Å². The van der Waals surface area contributed by atoms with E-state index in [1.54, 1.807) is 42.9 Å². The van der Waals surface area contributed by atoms with Crippen LogP contribution in [0.3, 0.4) is 0 Å². The number of nitrogens with zero attached hydrogens (tertiary/aromatic N) is 3. The zero-order valence-corrected chi connectivity index (χ0v) is 19.1. The number of carbonyl (C=O) groups excluding carboxylic acids is 1. The SMILES string of the molecule is Cc1c(NC(NC(=O)c2ccccc2[N+](=O)[O-])C(Cl)(Cl)Cl)c(=O)n(-c2ccccc2)n1C. The molecule has 3 aromatic rings. The van der Waals surface area contributed by atoms with E-state index in [1.807, 2.05) is 6.07 Å². The number of hydrogen-bond acceptors (Lipinski definition) is 5. The fourth-order valence-corrected chi connectivity index (χ4v) is 3.44. The van der Waals surface area contributed by atoms with Gasteiger partial charge < -0.3 is 10.6 Å². The second kappa shape index (κ2) is 9.23. The highest BCUT2D eigenvalue weighted by Crippen LogP contribution is 2.32. The Bertz CT molecular complexity index is 1220. The summed E-state index contributed by atoms with van der Waals surface area (Å²) in [7, 11) is 1.69. The maximum Gasteiger partial charge on any atom is 0.295 e. The van der Waals surface area contributed by atoms with Gasteiger partial charge in [-0.3, -0.25) is 24.4 Å². The third kappa shape index (κ3) is 4.74. The van der Waals surface area contributed by atoms with Crippen LogP contribution in [0.4, 0.5) is 11.4 Å². The van der Waals surface area contributed by atoms with Gasteiger partial charge in [0, 0.05) is 13.1 Å². The number of carbonyl (C=O) groups is 1. The summed E-state index contributed by atoms with van der Waals surface area (Å²) in [6.07, 6.45) is -1.38. The Morgan fingerprint density at radius 3 is 2.28 bits per heavy atom. The van der Waals surface area contributed by atoms with Gasteiger partial charge in [0.15, 0.2) is 0 Å². The maximum atomic E-state index is 13.1. The first-order valence-electron chi connectivity index (χ1n) is 9.24. The van der Waals surface area contributed by atoms with Gasteiger partial charge in [-0.15, -0.1) is 0 Å². The zero-order valence-electron chi connectivity index (χ0n) is 16.9. The quantitative estimate of drug-likeness (QED) is 0.231. The second-order valence-electron chi connectivity index (χ2n) is 6.80. The molecule has 1 unspecified atom stereocenters. The Hall–Kier alpha value is -3.01. The summed E-state index contributed by atoms with van der Waals surface area (Å²) < 4.78 is 0.932. The molecule has 0 bridgehead atoms. The molecule has 1 heterocycles. The van der Waals surface area contributed by atoms with Crippen molar-refractivity contribution in [1.82, 2.24) is 14.7 Å². The summed E-state index contributed by atoms with van der Waals surface area (Å²) in [5.41, 5.74) is 0.162. The molecular formula is C20H18Cl3N5O4. The van der Waals surface area contributed by atoms with Gasteiger partial charge in [-0.25, -0.2) is 4.68 Å². The summed E-state index contributed by atoms with van der Waals surface area (Å²) in [5, 5.41) is 16.5. The molecule has 0 spiro atoms. The Balaban J connectivity index is 1.98. The number of hydrogen-bond donors (Lipinski definition) is 2. The summed E-state index contributed by atoms with van der Waals surface area (Å²) in [6.45, 7) is 1.68. The fourth-order valence-electron chi connectivity index (χ4n) is 3.11. The van der Waals surface area contributed by atoms with E-state index >= 15 is 0 Å². The number of nitro groups is 1. The highest BCUT2D eigenvalue weighted by atomic mass is 35.6. The number of halogens is 3. The highest BCUT2D eigenvalue weighted by molar-refractivity contribution is 6.68. The van der Waals surface area contributed by atoms with E-state index in [4.69, 9.17) is 34.8 Å². The van der Waals surface area contributed by atoms with E-state index < -0.39 is 32.0 Å². The van der Waals surface area contributed by atoms with Crippen LogP contribution in [0.15, 0.2) is 59.4 Å². The molecule has 32 heavy (non-hydrogen) atoms. The fraction of sp³-hybridized carbons (Fsp3) is 0.200. The number of benzene rings is 2. The number of para-hydroxylation sites is 2. The summed E-state index contributed by atoms with van der Waals surface area (Å²) >= 11 is 18.2. The molecule has 0 fully saturated rings. The molecule has 0 saturated carbocycles. The minimum Gasteiger partial charge on any atom is -0.356 e. The molecule has 1 atom stereocenters. The van der Waals surface area contributed by atoms with Gasteiger partial charge in [0.25, 0.3) is 17.2 Å². The van der Waals surface area contributed by atoms with E-state index in [1.165, 1.54) is 28.9 Å². The minimum absolute atomic E-state index is 0.0931. The normalized spacial score (nSPS) is 12.3. The molecule has 3 rings (SSSR count). The van der Waals surface area contributed by atoms with Crippen LogP contribution in [0.5, 0.6) is 0 Å². The number of amides is 1.